The zero-order valence-corrected chi connectivity index (χ0v) is 9.62. The lowest BCUT2D eigenvalue weighted by Gasteiger charge is -2.36. The largest absolute Gasteiger partial charge is 0.433 e. The summed E-state index contributed by atoms with van der Waals surface area (Å²) in [6.45, 7) is 1.36. The van der Waals surface area contributed by atoms with Crippen LogP contribution in [0.4, 0.5) is 19.0 Å². The van der Waals surface area contributed by atoms with E-state index in [1.54, 1.807) is 11.9 Å². The third-order valence-corrected chi connectivity index (χ3v) is 2.93. The zero-order chi connectivity index (χ0) is 13.3. The van der Waals surface area contributed by atoms with Crippen molar-refractivity contribution < 1.29 is 13.2 Å². The molecule has 0 spiro atoms. The molecule has 1 aliphatic heterocycles. The number of hydrogen-bond donors (Lipinski definition) is 1. The van der Waals surface area contributed by atoms with Gasteiger partial charge in [0.05, 0.1) is 11.6 Å². The van der Waals surface area contributed by atoms with Crippen molar-refractivity contribution in [3.63, 3.8) is 0 Å². The zero-order valence-electron chi connectivity index (χ0n) is 9.62. The van der Waals surface area contributed by atoms with Gasteiger partial charge in [-0.15, -0.1) is 0 Å². The molecule has 2 heterocycles. The van der Waals surface area contributed by atoms with Crippen LogP contribution in [0.5, 0.6) is 0 Å². The third-order valence-electron chi connectivity index (χ3n) is 2.93. The number of nitrogens with zero attached hydrogens (tertiary/aromatic N) is 3. The van der Waals surface area contributed by atoms with Gasteiger partial charge in [0.2, 0.25) is 0 Å². The lowest BCUT2D eigenvalue weighted by atomic mass is 10.1. The minimum absolute atomic E-state index is 0.0769. The van der Waals surface area contributed by atoms with Crippen LogP contribution in [0.25, 0.3) is 0 Å². The van der Waals surface area contributed by atoms with Crippen molar-refractivity contribution in [1.29, 1.82) is 5.26 Å². The molecule has 0 bridgehead atoms. The Hall–Kier alpha value is -1.81. The second kappa shape index (κ2) is 4.46. The monoisotopic (exact) mass is 256 g/mol. The van der Waals surface area contributed by atoms with Gasteiger partial charge in [0.1, 0.15) is 17.6 Å². The number of alkyl halides is 3. The van der Waals surface area contributed by atoms with E-state index in [0.717, 1.165) is 12.1 Å². The molecule has 4 nitrogen and oxygen atoms in total. The van der Waals surface area contributed by atoms with Gasteiger partial charge < -0.3 is 10.2 Å². The molecule has 0 radical (unpaired) electrons. The molecule has 0 atom stereocenters. The molecule has 2 rings (SSSR count). The maximum atomic E-state index is 12.6. The molecule has 1 fully saturated rings. The molecular weight excluding hydrogens is 245 g/mol. The number of nitrogens with one attached hydrogen (secondary N) is 1. The molecule has 0 amide bonds. The Labute approximate surface area is 102 Å². The first-order valence-electron chi connectivity index (χ1n) is 5.35. The van der Waals surface area contributed by atoms with E-state index in [9.17, 15) is 13.2 Å². The summed E-state index contributed by atoms with van der Waals surface area (Å²) in [5, 5.41) is 11.9. The summed E-state index contributed by atoms with van der Waals surface area (Å²) >= 11 is 0. The number of nitriles is 1. The first-order valence-corrected chi connectivity index (χ1v) is 5.35. The molecule has 0 unspecified atom stereocenters. The number of pyridine rings is 1. The molecule has 1 aromatic heterocycles. The Balaban J connectivity index is 2.39. The fourth-order valence-corrected chi connectivity index (χ4v) is 1.68. The first-order chi connectivity index (χ1) is 8.43. The van der Waals surface area contributed by atoms with Crippen molar-refractivity contribution in [2.24, 2.45) is 0 Å². The van der Waals surface area contributed by atoms with Crippen LogP contribution in [-0.4, -0.2) is 31.2 Å². The number of aromatic nitrogens is 1. The molecule has 18 heavy (non-hydrogen) atoms. The minimum Gasteiger partial charge on any atom is -0.353 e. The van der Waals surface area contributed by atoms with E-state index < -0.39 is 11.9 Å². The van der Waals surface area contributed by atoms with Crippen LogP contribution in [0.15, 0.2) is 12.1 Å². The van der Waals surface area contributed by atoms with Gasteiger partial charge in [-0.2, -0.15) is 18.4 Å². The third kappa shape index (κ3) is 2.24. The van der Waals surface area contributed by atoms with Gasteiger partial charge in [-0.1, -0.05) is 0 Å². The van der Waals surface area contributed by atoms with Crippen molar-refractivity contribution in [1.82, 2.24) is 10.3 Å². The van der Waals surface area contributed by atoms with Crippen molar-refractivity contribution in [2.75, 3.05) is 25.0 Å². The van der Waals surface area contributed by atoms with Gasteiger partial charge >= 0.3 is 6.18 Å². The van der Waals surface area contributed by atoms with E-state index in [-0.39, 0.29) is 17.4 Å². The topological polar surface area (TPSA) is 52.0 Å². The summed E-state index contributed by atoms with van der Waals surface area (Å²) in [5.74, 6) is 0.0822. The maximum Gasteiger partial charge on any atom is 0.433 e. The van der Waals surface area contributed by atoms with Crippen molar-refractivity contribution in [3.8, 4) is 6.07 Å². The minimum atomic E-state index is -4.50. The number of rotatable bonds is 2. The molecular formula is C11H11F3N4. The summed E-state index contributed by atoms with van der Waals surface area (Å²) in [6, 6.07) is 3.93. The maximum absolute atomic E-state index is 12.6. The molecule has 0 aromatic carbocycles. The van der Waals surface area contributed by atoms with E-state index in [0.29, 0.717) is 13.1 Å². The summed E-state index contributed by atoms with van der Waals surface area (Å²) in [4.78, 5) is 5.18. The van der Waals surface area contributed by atoms with Gasteiger partial charge in [0.15, 0.2) is 0 Å². The smallest absolute Gasteiger partial charge is 0.353 e. The predicted molar refractivity (Wildman–Crippen MR) is 59.0 cm³/mol. The summed E-state index contributed by atoms with van der Waals surface area (Å²) in [5.41, 5.74) is -0.826. The van der Waals surface area contributed by atoms with Crippen LogP contribution in [0.2, 0.25) is 0 Å². The normalized spacial score (nSPS) is 15.9. The van der Waals surface area contributed by atoms with Crippen LogP contribution >= 0.6 is 0 Å². The fourth-order valence-electron chi connectivity index (χ4n) is 1.68. The highest BCUT2D eigenvalue weighted by molar-refractivity contribution is 5.55. The molecule has 0 saturated carbocycles. The Bertz CT molecular complexity index is 488. The standard InChI is InChI=1S/C11H11F3N4/c1-18(8-5-16-6-8)10-7(4-15)2-3-9(17-10)11(12,13)14/h2-3,8,16H,5-6H2,1H3. The van der Waals surface area contributed by atoms with Crippen molar-refractivity contribution in [3.05, 3.63) is 23.4 Å². The highest BCUT2D eigenvalue weighted by Gasteiger charge is 2.34. The summed E-state index contributed by atoms with van der Waals surface area (Å²) < 4.78 is 37.8. The molecule has 7 heteroatoms. The van der Waals surface area contributed by atoms with E-state index in [1.165, 1.54) is 0 Å². The second-order valence-corrected chi connectivity index (χ2v) is 4.10. The lowest BCUT2D eigenvalue weighted by Crippen LogP contribution is -2.56. The lowest BCUT2D eigenvalue weighted by molar-refractivity contribution is -0.141. The number of likely N-dealkylation sites (N-methyl/N-ethyl adjacent to an activating group) is 1. The van der Waals surface area contributed by atoms with Gasteiger partial charge in [0, 0.05) is 20.1 Å². The van der Waals surface area contributed by atoms with E-state index in [1.807, 2.05) is 6.07 Å². The van der Waals surface area contributed by atoms with E-state index in [4.69, 9.17) is 5.26 Å². The second-order valence-electron chi connectivity index (χ2n) is 4.10. The number of anilines is 1. The van der Waals surface area contributed by atoms with Gasteiger partial charge in [-0.25, -0.2) is 4.98 Å². The van der Waals surface area contributed by atoms with Crippen LogP contribution in [-0.2, 0) is 6.18 Å². The highest BCUT2D eigenvalue weighted by Crippen LogP contribution is 2.30. The van der Waals surface area contributed by atoms with Crippen LogP contribution in [0.1, 0.15) is 11.3 Å². The van der Waals surface area contributed by atoms with Crippen molar-refractivity contribution >= 4 is 5.82 Å². The SMILES string of the molecule is CN(c1nc(C(F)(F)F)ccc1C#N)C1CNC1. The summed E-state index contributed by atoms with van der Waals surface area (Å²) in [6.07, 6.45) is -4.50. The molecule has 1 aromatic rings. The molecule has 1 aliphatic rings. The molecule has 1 N–H and O–H groups in total. The Morgan fingerprint density at radius 3 is 2.56 bits per heavy atom. The molecule has 96 valence electrons. The van der Waals surface area contributed by atoms with Gasteiger partial charge in [0.25, 0.3) is 0 Å². The Kier molecular flexibility index (Phi) is 3.13. The Morgan fingerprint density at radius 2 is 2.11 bits per heavy atom. The number of hydrogen-bond acceptors (Lipinski definition) is 4. The first kappa shape index (κ1) is 12.6. The van der Waals surface area contributed by atoms with Gasteiger partial charge in [-0.05, 0) is 12.1 Å². The van der Waals surface area contributed by atoms with Crippen molar-refractivity contribution in [2.45, 2.75) is 12.2 Å². The Morgan fingerprint density at radius 1 is 1.44 bits per heavy atom. The van der Waals surface area contributed by atoms with Gasteiger partial charge in [-0.3, -0.25) is 0 Å². The average molecular weight is 256 g/mol. The predicted octanol–water partition coefficient (Wildman–Crippen LogP) is 1.38. The van der Waals surface area contributed by atoms with Crippen LogP contribution in [0, 0.1) is 11.3 Å². The quantitative estimate of drug-likeness (QED) is 0.868. The molecule has 1 saturated heterocycles. The van der Waals surface area contributed by atoms with Crippen LogP contribution in [0.3, 0.4) is 0 Å². The highest BCUT2D eigenvalue weighted by atomic mass is 19.4. The fraction of sp³-hybridized carbons (Fsp3) is 0.455. The van der Waals surface area contributed by atoms with E-state index in [2.05, 4.69) is 10.3 Å². The average Bonchev–Trinajstić information content (AvgIpc) is 2.24. The molecule has 0 aliphatic carbocycles. The summed E-state index contributed by atoms with van der Waals surface area (Å²) in [7, 11) is 1.65. The number of halogens is 3. The van der Waals surface area contributed by atoms with E-state index >= 15 is 0 Å². The van der Waals surface area contributed by atoms with Crippen LogP contribution < -0.4 is 10.2 Å².